The number of hydrogen-bond donors (Lipinski definition) is 1. The van der Waals surface area contributed by atoms with Gasteiger partial charge in [-0.15, -0.1) is 0 Å². The average molecular weight is 579 g/mol. The lowest BCUT2D eigenvalue weighted by molar-refractivity contribution is -0.139. The second-order valence-electron chi connectivity index (χ2n) is 9.94. The van der Waals surface area contributed by atoms with E-state index in [2.05, 4.69) is 10.3 Å². The maximum atomic E-state index is 15.1. The third-order valence-corrected chi connectivity index (χ3v) is 7.48. The fraction of sp³-hybridized carbons (Fsp3) is 0.219. The molecule has 41 heavy (non-hydrogen) atoms. The van der Waals surface area contributed by atoms with E-state index in [1.165, 1.54) is 25.4 Å². The Kier molecular flexibility index (Phi) is 8.40. The molecule has 1 aromatic heterocycles. The Morgan fingerprint density at radius 1 is 1.02 bits per heavy atom. The van der Waals surface area contributed by atoms with E-state index in [4.69, 9.17) is 16.3 Å². The fourth-order valence-electron chi connectivity index (χ4n) is 5.15. The van der Waals surface area contributed by atoms with E-state index >= 15 is 4.39 Å². The maximum absolute atomic E-state index is 15.1. The van der Waals surface area contributed by atoms with Crippen LogP contribution in [0.25, 0.3) is 22.3 Å². The number of esters is 1. The lowest BCUT2D eigenvalue weighted by Gasteiger charge is -2.21. The Bertz CT molecular complexity index is 1630. The highest BCUT2D eigenvalue weighted by Crippen LogP contribution is 2.37. The molecule has 3 aromatic carbocycles. The van der Waals surface area contributed by atoms with Crippen molar-refractivity contribution in [1.29, 1.82) is 0 Å². The molecule has 4 aromatic rings. The average Bonchev–Trinajstić information content (AvgIpc) is 2.95. The molecule has 0 spiro atoms. The Labute approximate surface area is 240 Å². The van der Waals surface area contributed by atoms with Gasteiger partial charge in [0, 0.05) is 41.0 Å². The molecule has 1 aliphatic heterocycles. The lowest BCUT2D eigenvalue weighted by Crippen LogP contribution is -2.14. The highest BCUT2D eigenvalue weighted by atomic mass is 35.5. The summed E-state index contributed by atoms with van der Waals surface area (Å²) in [6.45, 7) is 0. The monoisotopic (exact) mass is 578 g/mol. The molecule has 9 heteroatoms. The largest absolute Gasteiger partial charge is 0.469 e. The zero-order valence-electron chi connectivity index (χ0n) is 22.1. The molecule has 0 saturated heterocycles. The number of carbonyl (C=O) groups is 2. The van der Waals surface area contributed by atoms with Gasteiger partial charge >= 0.3 is 5.97 Å². The third kappa shape index (κ3) is 6.28. The molecule has 2 heterocycles. The van der Waals surface area contributed by atoms with Gasteiger partial charge in [-0.3, -0.25) is 14.6 Å². The summed E-state index contributed by atoms with van der Waals surface area (Å²) in [5, 5.41) is 2.72. The van der Waals surface area contributed by atoms with Gasteiger partial charge in [0.05, 0.1) is 24.1 Å². The molecule has 5 rings (SSSR count). The second-order valence-corrected chi connectivity index (χ2v) is 10.3. The SMILES string of the molecule is COC(=O)Cc1ccc2c(c1)NC(=O)CCCCC(c1ccc(-c3c(F)ccc(Cl)c3F)cn1)c1cc(F)cc-2c1. The molecule has 210 valence electrons. The first-order valence-corrected chi connectivity index (χ1v) is 13.5. The predicted octanol–water partition coefficient (Wildman–Crippen LogP) is 7.85. The van der Waals surface area contributed by atoms with Crippen LogP contribution in [0.3, 0.4) is 0 Å². The third-order valence-electron chi connectivity index (χ3n) is 7.19. The molecule has 1 unspecified atom stereocenters. The van der Waals surface area contributed by atoms with Crippen LogP contribution in [0.5, 0.6) is 0 Å². The number of nitrogens with one attached hydrogen (secondary N) is 1. The molecule has 0 fully saturated rings. The van der Waals surface area contributed by atoms with E-state index in [1.54, 1.807) is 30.3 Å². The zero-order valence-corrected chi connectivity index (χ0v) is 22.9. The number of anilines is 1. The molecule has 0 radical (unpaired) electrons. The summed E-state index contributed by atoms with van der Waals surface area (Å²) in [7, 11) is 1.30. The molecule has 1 aliphatic rings. The number of ether oxygens (including phenoxy) is 1. The normalized spacial score (nSPS) is 15.2. The molecule has 2 bridgehead atoms. The van der Waals surface area contributed by atoms with E-state index in [1.807, 2.05) is 6.07 Å². The summed E-state index contributed by atoms with van der Waals surface area (Å²) >= 11 is 5.87. The summed E-state index contributed by atoms with van der Waals surface area (Å²) in [4.78, 5) is 29.1. The van der Waals surface area contributed by atoms with Crippen LogP contribution in [-0.2, 0) is 20.7 Å². The Morgan fingerprint density at radius 2 is 1.85 bits per heavy atom. The van der Waals surface area contributed by atoms with Crippen LogP contribution in [-0.4, -0.2) is 24.0 Å². The van der Waals surface area contributed by atoms with Gasteiger partial charge in [-0.05, 0) is 65.9 Å². The van der Waals surface area contributed by atoms with Gasteiger partial charge < -0.3 is 10.1 Å². The Hall–Kier alpha value is -4.17. The molecular formula is C32H26ClF3N2O3. The summed E-state index contributed by atoms with van der Waals surface area (Å²) in [6.07, 6.45) is 3.50. The minimum atomic E-state index is -0.867. The predicted molar refractivity (Wildman–Crippen MR) is 151 cm³/mol. The van der Waals surface area contributed by atoms with Crippen LogP contribution >= 0.6 is 11.6 Å². The van der Waals surface area contributed by atoms with Gasteiger partial charge in [0.2, 0.25) is 5.91 Å². The number of nitrogens with zero attached hydrogens (tertiary/aromatic N) is 1. The van der Waals surface area contributed by atoms with Crippen molar-refractivity contribution in [2.24, 2.45) is 0 Å². The van der Waals surface area contributed by atoms with Gasteiger partial charge in [0.1, 0.15) is 11.6 Å². The van der Waals surface area contributed by atoms with Crippen LogP contribution in [0.1, 0.15) is 48.4 Å². The number of pyridine rings is 1. The number of benzene rings is 3. The molecular weight excluding hydrogens is 553 g/mol. The lowest BCUT2D eigenvalue weighted by atomic mass is 9.87. The van der Waals surface area contributed by atoms with Gasteiger partial charge in [0.15, 0.2) is 5.82 Å². The summed E-state index contributed by atoms with van der Waals surface area (Å²) < 4.78 is 48.9. The van der Waals surface area contributed by atoms with E-state index in [-0.39, 0.29) is 40.8 Å². The van der Waals surface area contributed by atoms with Crippen LogP contribution in [0.15, 0.2) is 66.9 Å². The number of amides is 1. The summed E-state index contributed by atoms with van der Waals surface area (Å²) in [5.41, 5.74) is 3.50. The van der Waals surface area contributed by atoms with Gasteiger partial charge in [-0.2, -0.15) is 0 Å². The number of hydrogen-bond acceptors (Lipinski definition) is 4. The van der Waals surface area contributed by atoms with Crippen LogP contribution in [0.2, 0.25) is 5.02 Å². The van der Waals surface area contributed by atoms with Crippen molar-refractivity contribution in [3.63, 3.8) is 0 Å². The maximum Gasteiger partial charge on any atom is 0.309 e. The first-order chi connectivity index (χ1) is 19.7. The van der Waals surface area contributed by atoms with Crippen LogP contribution in [0.4, 0.5) is 18.9 Å². The van der Waals surface area contributed by atoms with Crippen molar-refractivity contribution < 1.29 is 27.5 Å². The number of rotatable bonds is 4. The first kappa shape index (κ1) is 28.4. The zero-order chi connectivity index (χ0) is 29.1. The van der Waals surface area contributed by atoms with Crippen molar-refractivity contribution in [2.45, 2.75) is 38.0 Å². The van der Waals surface area contributed by atoms with Crippen molar-refractivity contribution in [1.82, 2.24) is 4.98 Å². The van der Waals surface area contributed by atoms with E-state index in [9.17, 15) is 18.4 Å². The fourth-order valence-corrected chi connectivity index (χ4v) is 5.30. The molecule has 1 N–H and O–H groups in total. The summed E-state index contributed by atoms with van der Waals surface area (Å²) in [6, 6.07) is 15.4. The van der Waals surface area contributed by atoms with E-state index in [0.29, 0.717) is 52.9 Å². The minimum absolute atomic E-state index is 0.0285. The molecule has 5 nitrogen and oxygen atoms in total. The summed E-state index contributed by atoms with van der Waals surface area (Å²) in [5.74, 6) is -3.03. The Morgan fingerprint density at radius 3 is 2.61 bits per heavy atom. The second kappa shape index (κ2) is 12.1. The highest BCUT2D eigenvalue weighted by molar-refractivity contribution is 6.31. The number of fused-ring (bicyclic) bond motifs is 4. The quantitative estimate of drug-likeness (QED) is 0.198. The highest BCUT2D eigenvalue weighted by Gasteiger charge is 2.22. The van der Waals surface area contributed by atoms with Crippen molar-refractivity contribution in [2.75, 3.05) is 12.4 Å². The van der Waals surface area contributed by atoms with Gasteiger partial charge in [0.25, 0.3) is 0 Å². The number of carbonyl (C=O) groups excluding carboxylic acids is 2. The van der Waals surface area contributed by atoms with Crippen LogP contribution in [0, 0.1) is 17.5 Å². The number of aromatic nitrogens is 1. The van der Waals surface area contributed by atoms with Gasteiger partial charge in [-0.25, -0.2) is 13.2 Å². The van der Waals surface area contributed by atoms with E-state index < -0.39 is 23.4 Å². The molecule has 1 atom stereocenters. The van der Waals surface area contributed by atoms with E-state index in [0.717, 1.165) is 12.1 Å². The minimum Gasteiger partial charge on any atom is -0.469 e. The number of halogens is 4. The first-order valence-electron chi connectivity index (χ1n) is 13.1. The van der Waals surface area contributed by atoms with Crippen molar-refractivity contribution in [3.8, 4) is 22.3 Å². The molecule has 1 amide bonds. The smallest absolute Gasteiger partial charge is 0.309 e. The topological polar surface area (TPSA) is 68.3 Å². The van der Waals surface area contributed by atoms with Gasteiger partial charge in [-0.1, -0.05) is 42.3 Å². The number of methoxy groups -OCH3 is 1. The molecule has 0 saturated carbocycles. The standard InChI is InChI=1S/C32H26ClF3N2O3/c1-41-30(40)13-18-6-8-24-21-14-20(15-22(34)16-21)23(4-2-3-5-29(39)38-28(24)12-18)27-11-7-19(17-37-27)31-26(35)10-9-25(33)32(31)36/h6-12,14-17,23H,2-5,13H2,1H3,(H,38,39). The van der Waals surface area contributed by atoms with Crippen molar-refractivity contribution in [3.05, 3.63) is 106 Å². The van der Waals surface area contributed by atoms with Crippen molar-refractivity contribution >= 4 is 29.2 Å². The molecule has 0 aliphatic carbocycles. The Balaban J connectivity index is 1.56. The van der Waals surface area contributed by atoms with Crippen LogP contribution < -0.4 is 5.32 Å².